The van der Waals surface area contributed by atoms with Crippen LogP contribution in [0.3, 0.4) is 0 Å². The zero-order valence-electron chi connectivity index (χ0n) is 18.4. The largest absolute Gasteiger partial charge is 0.465 e. The van der Waals surface area contributed by atoms with E-state index in [-0.39, 0.29) is 23.9 Å². The third kappa shape index (κ3) is 4.54. The molecule has 0 amide bonds. The first kappa shape index (κ1) is 23.9. The maximum Gasteiger partial charge on any atom is 0.465 e. The number of carbonyl (C=O) groups is 2. The summed E-state index contributed by atoms with van der Waals surface area (Å²) in [5, 5.41) is -4.99. The number of halogens is 2. The predicted octanol–water partition coefficient (Wildman–Crippen LogP) is 3.97. The van der Waals surface area contributed by atoms with Crippen LogP contribution in [-0.2, 0) is 29.2 Å². The van der Waals surface area contributed by atoms with Gasteiger partial charge in [-0.25, -0.2) is 4.79 Å². The van der Waals surface area contributed by atoms with Crippen LogP contribution in [-0.4, -0.2) is 43.4 Å². The van der Waals surface area contributed by atoms with E-state index in [2.05, 4.69) is 6.92 Å². The highest BCUT2D eigenvalue weighted by molar-refractivity contribution is 7.87. The van der Waals surface area contributed by atoms with Crippen molar-refractivity contribution in [3.8, 4) is 0 Å². The lowest BCUT2D eigenvalue weighted by Gasteiger charge is -2.61. The predicted molar refractivity (Wildman–Crippen MR) is 109 cm³/mol. The minimum absolute atomic E-state index is 0.0577. The number of carbonyl (C=O) groups excluding carboxylic acids is 2. The van der Waals surface area contributed by atoms with E-state index in [1.165, 1.54) is 0 Å². The number of alkyl halides is 2. The van der Waals surface area contributed by atoms with Gasteiger partial charge in [0.05, 0.1) is 19.1 Å². The smallest absolute Gasteiger partial charge is 0.465 e. The Balaban J connectivity index is 1.39. The Morgan fingerprint density at radius 1 is 0.969 bits per heavy atom. The average molecular weight is 479 g/mol. The summed E-state index contributed by atoms with van der Waals surface area (Å²) in [6, 6.07) is 0. The molecule has 0 radical (unpaired) electrons. The molecule has 10 heteroatoms. The van der Waals surface area contributed by atoms with E-state index >= 15 is 0 Å². The summed E-state index contributed by atoms with van der Waals surface area (Å²) < 4.78 is 68.0. The highest BCUT2D eigenvalue weighted by Crippen LogP contribution is 2.65. The quantitative estimate of drug-likeness (QED) is 0.436. The van der Waals surface area contributed by atoms with Crippen LogP contribution in [0.15, 0.2) is 0 Å². The van der Waals surface area contributed by atoms with Crippen LogP contribution in [0.1, 0.15) is 71.1 Å². The number of ether oxygens (including phenoxy) is 2. The summed E-state index contributed by atoms with van der Waals surface area (Å²) in [6.07, 6.45) is 8.58. The molecule has 0 aromatic rings. The number of hydrogen-bond donors (Lipinski definition) is 1. The van der Waals surface area contributed by atoms with Crippen LogP contribution < -0.4 is 0 Å². The molecule has 0 heterocycles. The van der Waals surface area contributed by atoms with E-state index in [9.17, 15) is 26.8 Å². The number of esters is 2. The second kappa shape index (κ2) is 8.18. The minimum Gasteiger partial charge on any atom is -0.465 e. The highest BCUT2D eigenvalue weighted by Gasteiger charge is 2.60. The van der Waals surface area contributed by atoms with E-state index in [1.54, 1.807) is 0 Å². The first-order valence-corrected chi connectivity index (χ1v) is 13.0. The Morgan fingerprint density at radius 3 is 1.97 bits per heavy atom. The van der Waals surface area contributed by atoms with Gasteiger partial charge in [0.1, 0.15) is 0 Å². The fourth-order valence-corrected chi connectivity index (χ4v) is 7.50. The second-order valence-corrected chi connectivity index (χ2v) is 12.6. The summed E-state index contributed by atoms with van der Waals surface area (Å²) >= 11 is 0. The van der Waals surface area contributed by atoms with Gasteiger partial charge in [-0.3, -0.25) is 9.35 Å². The molecule has 32 heavy (non-hydrogen) atoms. The van der Waals surface area contributed by atoms with Crippen LogP contribution in [0.4, 0.5) is 8.78 Å². The Hall–Kier alpha value is -1.29. The van der Waals surface area contributed by atoms with Crippen LogP contribution in [0.2, 0.25) is 0 Å². The maximum absolute atomic E-state index is 13.6. The maximum atomic E-state index is 13.6. The normalized spacial score (nSPS) is 39.0. The molecule has 0 aliphatic heterocycles. The first-order valence-electron chi connectivity index (χ1n) is 11.5. The Labute approximate surface area is 187 Å². The molecule has 0 saturated heterocycles. The average Bonchev–Trinajstić information content (AvgIpc) is 2.69. The van der Waals surface area contributed by atoms with Gasteiger partial charge in [-0.2, -0.15) is 17.2 Å². The summed E-state index contributed by atoms with van der Waals surface area (Å²) in [6.45, 7) is 2.16. The topological polar surface area (TPSA) is 107 Å². The molecule has 5 fully saturated rings. The Kier molecular flexibility index (Phi) is 6.10. The van der Waals surface area contributed by atoms with Gasteiger partial charge in [-0.15, -0.1) is 0 Å². The van der Waals surface area contributed by atoms with Crippen molar-refractivity contribution in [1.82, 2.24) is 0 Å². The van der Waals surface area contributed by atoms with E-state index in [1.807, 2.05) is 0 Å². The fourth-order valence-electron chi connectivity index (χ4n) is 7.23. The lowest BCUT2D eigenvalue weighted by molar-refractivity contribution is -0.187. The van der Waals surface area contributed by atoms with E-state index in [4.69, 9.17) is 14.0 Å². The molecule has 5 saturated carbocycles. The molecule has 2 unspecified atom stereocenters. The van der Waals surface area contributed by atoms with Crippen molar-refractivity contribution in [3.63, 3.8) is 0 Å². The molecular formula is C22H32F2O7S. The fraction of sp³-hybridized carbons (Fsp3) is 0.909. The van der Waals surface area contributed by atoms with Gasteiger partial charge in [0.2, 0.25) is 0 Å². The van der Waals surface area contributed by atoms with Gasteiger partial charge < -0.3 is 9.47 Å². The van der Waals surface area contributed by atoms with Crippen molar-refractivity contribution in [2.75, 3.05) is 13.2 Å². The minimum atomic E-state index is -5.89. The van der Waals surface area contributed by atoms with Crippen molar-refractivity contribution in [2.45, 2.75) is 76.4 Å². The van der Waals surface area contributed by atoms with E-state index < -0.39 is 26.8 Å². The summed E-state index contributed by atoms with van der Waals surface area (Å²) in [4.78, 5) is 24.4. The van der Waals surface area contributed by atoms with Crippen molar-refractivity contribution >= 4 is 22.1 Å². The molecule has 0 aromatic heterocycles. The molecule has 2 atom stereocenters. The SMILES string of the molecule is CC1CCC(C(=O)OCC23CC4CC(C2)CC(COC(=O)C(F)(F)S(=O)(=O)O)(C4)C3)CC1. The molecule has 1 N–H and O–H groups in total. The second-order valence-electron chi connectivity index (χ2n) is 11.1. The molecule has 7 nitrogen and oxygen atoms in total. The van der Waals surface area contributed by atoms with Crippen molar-refractivity contribution < 1.29 is 40.8 Å². The highest BCUT2D eigenvalue weighted by atomic mass is 32.2. The third-order valence-electron chi connectivity index (χ3n) is 8.24. The molecular weight excluding hydrogens is 446 g/mol. The monoisotopic (exact) mass is 478 g/mol. The lowest BCUT2D eigenvalue weighted by Crippen LogP contribution is -2.56. The first-order chi connectivity index (χ1) is 14.8. The standard InChI is InChI=1S/C22H32F2O7S/c1-14-2-4-17(5-3-14)18(25)30-12-20-7-15-6-16(8-20)10-21(9-15,11-20)13-31-19(26)22(23,24)32(27,28)29/h14-17H,2-13H2,1H3,(H,27,28,29). The van der Waals surface area contributed by atoms with Gasteiger partial charge in [0.25, 0.3) is 0 Å². The van der Waals surface area contributed by atoms with Gasteiger partial charge in [-0.1, -0.05) is 6.92 Å². The third-order valence-corrected chi connectivity index (χ3v) is 9.06. The lowest BCUT2D eigenvalue weighted by atomic mass is 9.44. The van der Waals surface area contributed by atoms with Crippen LogP contribution in [0.25, 0.3) is 0 Å². The zero-order valence-corrected chi connectivity index (χ0v) is 19.2. The summed E-state index contributed by atoms with van der Waals surface area (Å²) in [5.74, 6) is -1.14. The number of rotatable bonds is 7. The molecule has 4 bridgehead atoms. The van der Waals surface area contributed by atoms with E-state index in [0.717, 1.165) is 44.9 Å². The zero-order chi connectivity index (χ0) is 23.4. The van der Waals surface area contributed by atoms with Crippen LogP contribution in [0.5, 0.6) is 0 Å². The summed E-state index contributed by atoms with van der Waals surface area (Å²) in [5.41, 5.74) is -0.776. The van der Waals surface area contributed by atoms with Gasteiger partial charge >= 0.3 is 27.3 Å². The molecule has 0 spiro atoms. The van der Waals surface area contributed by atoms with Crippen LogP contribution >= 0.6 is 0 Å². The molecule has 5 aliphatic rings. The molecule has 0 aromatic carbocycles. The number of hydrogen-bond acceptors (Lipinski definition) is 6. The Morgan fingerprint density at radius 2 is 1.47 bits per heavy atom. The van der Waals surface area contributed by atoms with Gasteiger partial charge in [0, 0.05) is 10.8 Å². The van der Waals surface area contributed by atoms with Crippen molar-refractivity contribution in [2.24, 2.45) is 34.5 Å². The summed E-state index contributed by atoms with van der Waals surface area (Å²) in [7, 11) is -5.89. The molecule has 5 aliphatic carbocycles. The van der Waals surface area contributed by atoms with Crippen LogP contribution in [0, 0.1) is 34.5 Å². The van der Waals surface area contributed by atoms with Crippen molar-refractivity contribution in [1.29, 1.82) is 0 Å². The Bertz CT molecular complexity index is 850. The van der Waals surface area contributed by atoms with Gasteiger partial charge in [0.15, 0.2) is 0 Å². The van der Waals surface area contributed by atoms with Gasteiger partial charge in [-0.05, 0) is 82.0 Å². The molecule has 182 valence electrons. The molecule has 5 rings (SSSR count). The van der Waals surface area contributed by atoms with E-state index in [0.29, 0.717) is 43.6 Å². The van der Waals surface area contributed by atoms with Crippen molar-refractivity contribution in [3.05, 3.63) is 0 Å².